The molecule has 2 unspecified atom stereocenters. The van der Waals surface area contributed by atoms with E-state index in [1.54, 1.807) is 6.08 Å². The Hall–Kier alpha value is -0.970. The first-order chi connectivity index (χ1) is 8.13. The largest absolute Gasteiger partial charge is 0.394 e. The lowest BCUT2D eigenvalue weighted by Gasteiger charge is -2.03. The number of carbonyl (C=O) groups excluding carboxylic acids is 1. The summed E-state index contributed by atoms with van der Waals surface area (Å²) in [4.78, 5) is 11.3. The minimum Gasteiger partial charge on any atom is -0.394 e. The number of hydrogen-bond donors (Lipinski definition) is 3. The summed E-state index contributed by atoms with van der Waals surface area (Å²) in [6, 6.07) is 0. The molecule has 0 fully saturated rings. The van der Waals surface area contributed by atoms with Gasteiger partial charge in [0.1, 0.15) is 0 Å². The molecule has 0 amide bonds. The van der Waals surface area contributed by atoms with Crippen LogP contribution in [-0.4, -0.2) is 39.9 Å². The molecule has 0 bridgehead atoms. The highest BCUT2D eigenvalue weighted by molar-refractivity contribution is 5.98. The number of hydrogen-bond acceptors (Lipinski definition) is 4. The molecule has 0 saturated carbocycles. The van der Waals surface area contributed by atoms with Gasteiger partial charge in [0, 0.05) is 6.42 Å². The predicted octanol–water partition coefficient (Wildman–Crippen LogP) is 0.716. The van der Waals surface area contributed by atoms with Crippen LogP contribution in [0.5, 0.6) is 0 Å². The number of unbranched alkanes of at least 4 members (excludes halogenated alkanes) is 1. The summed E-state index contributed by atoms with van der Waals surface area (Å²) < 4.78 is 0. The van der Waals surface area contributed by atoms with Gasteiger partial charge in [-0.05, 0) is 37.3 Å². The van der Waals surface area contributed by atoms with Gasteiger partial charge in [-0.1, -0.05) is 12.2 Å². The van der Waals surface area contributed by atoms with Crippen LogP contribution in [0.4, 0.5) is 0 Å². The third-order valence-electron chi connectivity index (χ3n) is 2.77. The van der Waals surface area contributed by atoms with E-state index in [0.717, 1.165) is 12.8 Å². The van der Waals surface area contributed by atoms with Crippen molar-refractivity contribution >= 4 is 5.78 Å². The standard InChI is InChI=1S/C13H20O4/c14-9-11(15)6-4-2-1-3-5-10-7-12(16)8-13(10)17/h1,3,7,11-12,14-16H,2,4-6,8-9H2. The van der Waals surface area contributed by atoms with Crippen molar-refractivity contribution in [3.8, 4) is 0 Å². The number of carbonyl (C=O) groups is 1. The zero-order valence-corrected chi connectivity index (χ0v) is 9.88. The summed E-state index contributed by atoms with van der Waals surface area (Å²) in [6.45, 7) is -0.191. The molecule has 1 aliphatic rings. The van der Waals surface area contributed by atoms with Gasteiger partial charge in [0.05, 0.1) is 18.8 Å². The molecule has 0 spiro atoms. The zero-order valence-electron chi connectivity index (χ0n) is 9.88. The fraction of sp³-hybridized carbons (Fsp3) is 0.615. The van der Waals surface area contributed by atoms with Gasteiger partial charge < -0.3 is 15.3 Å². The van der Waals surface area contributed by atoms with Crippen LogP contribution in [0.3, 0.4) is 0 Å². The first-order valence-corrected chi connectivity index (χ1v) is 5.99. The summed E-state index contributed by atoms with van der Waals surface area (Å²) in [7, 11) is 0. The second-order valence-corrected chi connectivity index (χ2v) is 4.33. The Kier molecular flexibility index (Phi) is 6.11. The van der Waals surface area contributed by atoms with E-state index in [-0.39, 0.29) is 18.8 Å². The normalized spacial score (nSPS) is 22.2. The van der Waals surface area contributed by atoms with Crippen molar-refractivity contribution in [1.82, 2.24) is 0 Å². The topological polar surface area (TPSA) is 77.8 Å². The molecular weight excluding hydrogens is 220 g/mol. The van der Waals surface area contributed by atoms with Gasteiger partial charge in [-0.3, -0.25) is 4.79 Å². The number of aliphatic hydroxyl groups is 3. The Morgan fingerprint density at radius 3 is 2.82 bits per heavy atom. The Balaban J connectivity index is 2.14. The molecule has 0 radical (unpaired) electrons. The Labute approximate surface area is 101 Å². The van der Waals surface area contributed by atoms with Crippen LogP contribution < -0.4 is 0 Å². The van der Waals surface area contributed by atoms with Crippen molar-refractivity contribution in [3.63, 3.8) is 0 Å². The third-order valence-corrected chi connectivity index (χ3v) is 2.77. The Morgan fingerprint density at radius 2 is 2.24 bits per heavy atom. The molecule has 3 N–H and O–H groups in total. The highest BCUT2D eigenvalue weighted by atomic mass is 16.3. The number of allylic oxidation sites excluding steroid dienone is 3. The van der Waals surface area contributed by atoms with Crippen molar-refractivity contribution in [1.29, 1.82) is 0 Å². The van der Waals surface area contributed by atoms with Crippen LogP contribution in [0.15, 0.2) is 23.8 Å². The van der Waals surface area contributed by atoms with Crippen LogP contribution in [0.2, 0.25) is 0 Å². The monoisotopic (exact) mass is 240 g/mol. The third kappa shape index (κ3) is 5.26. The van der Waals surface area contributed by atoms with Gasteiger partial charge in [-0.15, -0.1) is 0 Å². The SMILES string of the molecule is O=C1CC(O)C=C1CC=CCCCC(O)CO. The summed E-state index contributed by atoms with van der Waals surface area (Å²) in [5.74, 6) is 0.0258. The smallest absolute Gasteiger partial charge is 0.161 e. The molecule has 4 nitrogen and oxygen atoms in total. The van der Waals surface area contributed by atoms with Gasteiger partial charge in [0.2, 0.25) is 0 Å². The van der Waals surface area contributed by atoms with Gasteiger partial charge in [-0.2, -0.15) is 0 Å². The first kappa shape index (κ1) is 14.1. The molecule has 1 aliphatic carbocycles. The lowest BCUT2D eigenvalue weighted by atomic mass is 10.1. The molecule has 4 heteroatoms. The lowest BCUT2D eigenvalue weighted by molar-refractivity contribution is -0.115. The van der Waals surface area contributed by atoms with Gasteiger partial charge in [0.15, 0.2) is 5.78 Å². The minimum absolute atomic E-state index is 0.0258. The van der Waals surface area contributed by atoms with Crippen LogP contribution in [0, 0.1) is 0 Å². The Bertz CT molecular complexity index is 307. The molecule has 1 rings (SSSR count). The zero-order chi connectivity index (χ0) is 12.7. The fourth-order valence-electron chi connectivity index (χ4n) is 1.78. The molecule has 0 saturated heterocycles. The van der Waals surface area contributed by atoms with E-state index < -0.39 is 12.2 Å². The van der Waals surface area contributed by atoms with Gasteiger partial charge >= 0.3 is 0 Å². The van der Waals surface area contributed by atoms with Crippen LogP contribution >= 0.6 is 0 Å². The molecular formula is C13H20O4. The number of Topliss-reactive ketones (excluding diaryl/α,β-unsaturated/α-hetero) is 1. The van der Waals surface area contributed by atoms with E-state index >= 15 is 0 Å². The summed E-state index contributed by atoms with van der Waals surface area (Å²) in [5, 5.41) is 26.9. The van der Waals surface area contributed by atoms with Crippen LogP contribution in [0.1, 0.15) is 32.1 Å². The molecule has 0 heterocycles. The number of ketones is 1. The van der Waals surface area contributed by atoms with E-state index in [4.69, 9.17) is 10.2 Å². The molecule has 0 aromatic heterocycles. The molecule has 17 heavy (non-hydrogen) atoms. The highest BCUT2D eigenvalue weighted by Crippen LogP contribution is 2.18. The van der Waals surface area contributed by atoms with E-state index in [2.05, 4.69) is 0 Å². The molecule has 0 aromatic rings. The minimum atomic E-state index is -0.627. The highest BCUT2D eigenvalue weighted by Gasteiger charge is 2.20. The van der Waals surface area contributed by atoms with Crippen LogP contribution in [-0.2, 0) is 4.79 Å². The van der Waals surface area contributed by atoms with Crippen molar-refractivity contribution in [2.45, 2.75) is 44.3 Å². The molecule has 0 aromatic carbocycles. The number of aliphatic hydroxyl groups excluding tert-OH is 3. The fourth-order valence-corrected chi connectivity index (χ4v) is 1.78. The molecule has 96 valence electrons. The van der Waals surface area contributed by atoms with Crippen molar-refractivity contribution < 1.29 is 20.1 Å². The van der Waals surface area contributed by atoms with E-state index in [9.17, 15) is 9.90 Å². The maximum absolute atomic E-state index is 11.3. The summed E-state index contributed by atoms with van der Waals surface area (Å²) in [5.41, 5.74) is 0.684. The van der Waals surface area contributed by atoms with E-state index in [1.807, 2.05) is 12.2 Å². The quantitative estimate of drug-likeness (QED) is 0.452. The van der Waals surface area contributed by atoms with Gasteiger partial charge in [-0.25, -0.2) is 0 Å². The molecule has 2 atom stereocenters. The van der Waals surface area contributed by atoms with E-state index in [1.165, 1.54) is 0 Å². The summed E-state index contributed by atoms with van der Waals surface area (Å²) in [6.07, 6.45) is 7.25. The second-order valence-electron chi connectivity index (χ2n) is 4.33. The number of rotatable bonds is 7. The van der Waals surface area contributed by atoms with E-state index in [0.29, 0.717) is 18.4 Å². The first-order valence-electron chi connectivity index (χ1n) is 5.99. The van der Waals surface area contributed by atoms with Crippen molar-refractivity contribution in [2.75, 3.05) is 6.61 Å². The van der Waals surface area contributed by atoms with Gasteiger partial charge in [0.25, 0.3) is 0 Å². The maximum Gasteiger partial charge on any atom is 0.161 e. The maximum atomic E-state index is 11.3. The summed E-state index contributed by atoms with van der Waals surface area (Å²) >= 11 is 0. The average molecular weight is 240 g/mol. The molecule has 0 aliphatic heterocycles. The van der Waals surface area contributed by atoms with Crippen molar-refractivity contribution in [3.05, 3.63) is 23.8 Å². The van der Waals surface area contributed by atoms with Crippen molar-refractivity contribution in [2.24, 2.45) is 0 Å². The predicted molar refractivity (Wildman–Crippen MR) is 64.4 cm³/mol. The Morgan fingerprint density at radius 1 is 1.47 bits per heavy atom. The lowest BCUT2D eigenvalue weighted by Crippen LogP contribution is -2.10. The average Bonchev–Trinajstić information content (AvgIpc) is 2.62. The second kappa shape index (κ2) is 7.37. The van der Waals surface area contributed by atoms with Crippen LogP contribution in [0.25, 0.3) is 0 Å².